The highest BCUT2D eigenvalue weighted by Crippen LogP contribution is 2.30. The summed E-state index contributed by atoms with van der Waals surface area (Å²) in [6.07, 6.45) is 2.88. The van der Waals surface area contributed by atoms with E-state index in [4.69, 9.17) is 11.6 Å². The van der Waals surface area contributed by atoms with Crippen LogP contribution in [0.3, 0.4) is 0 Å². The maximum Gasteiger partial charge on any atom is 0.126 e. The number of aryl methyl sites for hydroxylation is 1. The highest BCUT2D eigenvalue weighted by molar-refractivity contribution is 6.31. The molecule has 1 atom stereocenters. The molecule has 0 amide bonds. The van der Waals surface area contributed by atoms with Crippen molar-refractivity contribution in [1.82, 2.24) is 9.97 Å². The molecule has 2 rings (SSSR count). The topological polar surface area (TPSA) is 49.6 Å². The van der Waals surface area contributed by atoms with Gasteiger partial charge in [-0.2, -0.15) is 5.26 Å². The van der Waals surface area contributed by atoms with Gasteiger partial charge in [0.2, 0.25) is 0 Å². The van der Waals surface area contributed by atoms with E-state index >= 15 is 0 Å². The summed E-state index contributed by atoms with van der Waals surface area (Å²) >= 11 is 6.06. The fourth-order valence-electron chi connectivity index (χ4n) is 1.65. The van der Waals surface area contributed by atoms with Crippen molar-refractivity contribution in [1.29, 1.82) is 5.26 Å². The van der Waals surface area contributed by atoms with Gasteiger partial charge in [-0.3, -0.25) is 0 Å². The quantitative estimate of drug-likeness (QED) is 0.834. The molecule has 1 aromatic heterocycles. The normalized spacial score (nSPS) is 11.9. The highest BCUT2D eigenvalue weighted by Gasteiger charge is 2.19. The van der Waals surface area contributed by atoms with Gasteiger partial charge in [0.05, 0.1) is 11.8 Å². The Hall–Kier alpha value is -1.99. The number of nitriles is 1. The predicted molar refractivity (Wildman–Crippen MR) is 65.6 cm³/mol. The van der Waals surface area contributed by atoms with Crippen molar-refractivity contribution in [2.75, 3.05) is 0 Å². The van der Waals surface area contributed by atoms with E-state index in [2.05, 4.69) is 16.0 Å². The Bertz CT molecular complexity index is 608. The molecule has 0 aliphatic heterocycles. The molecule has 90 valence electrons. The second kappa shape index (κ2) is 5.11. The van der Waals surface area contributed by atoms with Crippen LogP contribution >= 0.6 is 11.6 Å². The molecule has 0 saturated heterocycles. The lowest BCUT2D eigenvalue weighted by Gasteiger charge is -2.11. The molecule has 0 fully saturated rings. The standard InChI is InChI=1S/C13H9ClFN3/c1-8-4-11(14)9(5-12(8)15)10(6-16)13-2-3-17-7-18-13/h2-5,7,10H,1H3. The van der Waals surface area contributed by atoms with Gasteiger partial charge in [-0.25, -0.2) is 14.4 Å². The van der Waals surface area contributed by atoms with Gasteiger partial charge in [-0.15, -0.1) is 0 Å². The van der Waals surface area contributed by atoms with E-state index in [1.165, 1.54) is 24.7 Å². The Labute approximate surface area is 109 Å². The summed E-state index contributed by atoms with van der Waals surface area (Å²) in [6, 6.07) is 6.49. The van der Waals surface area contributed by atoms with Crippen molar-refractivity contribution >= 4 is 11.6 Å². The van der Waals surface area contributed by atoms with Gasteiger partial charge in [0.1, 0.15) is 18.1 Å². The maximum absolute atomic E-state index is 13.6. The Morgan fingerprint density at radius 2 is 2.22 bits per heavy atom. The third-order valence-corrected chi connectivity index (χ3v) is 2.95. The first kappa shape index (κ1) is 12.5. The summed E-state index contributed by atoms with van der Waals surface area (Å²) in [4.78, 5) is 7.79. The lowest BCUT2D eigenvalue weighted by molar-refractivity contribution is 0.616. The summed E-state index contributed by atoms with van der Waals surface area (Å²) < 4.78 is 13.6. The van der Waals surface area contributed by atoms with E-state index in [1.54, 1.807) is 13.0 Å². The van der Waals surface area contributed by atoms with Gasteiger partial charge >= 0.3 is 0 Å². The van der Waals surface area contributed by atoms with Crippen molar-refractivity contribution in [2.45, 2.75) is 12.8 Å². The highest BCUT2D eigenvalue weighted by atomic mass is 35.5. The van der Waals surface area contributed by atoms with E-state index in [9.17, 15) is 9.65 Å². The van der Waals surface area contributed by atoms with Crippen LogP contribution in [-0.4, -0.2) is 9.97 Å². The monoisotopic (exact) mass is 261 g/mol. The van der Waals surface area contributed by atoms with Gasteiger partial charge in [-0.05, 0) is 36.2 Å². The largest absolute Gasteiger partial charge is 0.245 e. The smallest absolute Gasteiger partial charge is 0.126 e. The van der Waals surface area contributed by atoms with Gasteiger partial charge < -0.3 is 0 Å². The van der Waals surface area contributed by atoms with Crippen molar-refractivity contribution in [3.8, 4) is 6.07 Å². The van der Waals surface area contributed by atoms with E-state index in [-0.39, 0.29) is 5.82 Å². The minimum Gasteiger partial charge on any atom is -0.245 e. The molecule has 2 aromatic rings. The van der Waals surface area contributed by atoms with Gasteiger partial charge in [0.25, 0.3) is 0 Å². The zero-order valence-electron chi connectivity index (χ0n) is 9.56. The van der Waals surface area contributed by atoms with Crippen LogP contribution in [0.2, 0.25) is 5.02 Å². The Morgan fingerprint density at radius 1 is 1.44 bits per heavy atom. The first-order valence-electron chi connectivity index (χ1n) is 5.24. The predicted octanol–water partition coefficient (Wildman–Crippen LogP) is 3.23. The fraction of sp³-hybridized carbons (Fsp3) is 0.154. The SMILES string of the molecule is Cc1cc(Cl)c(C(C#N)c2ccncn2)cc1F. The van der Waals surface area contributed by atoms with Crippen LogP contribution in [0, 0.1) is 24.1 Å². The Kier molecular flexibility index (Phi) is 3.54. The van der Waals surface area contributed by atoms with Crippen LogP contribution < -0.4 is 0 Å². The van der Waals surface area contributed by atoms with Crippen LogP contribution in [0.15, 0.2) is 30.7 Å². The molecule has 0 aliphatic rings. The molecule has 18 heavy (non-hydrogen) atoms. The molecular formula is C13H9ClFN3. The van der Waals surface area contributed by atoms with Crippen molar-refractivity contribution in [2.24, 2.45) is 0 Å². The molecule has 5 heteroatoms. The van der Waals surface area contributed by atoms with E-state index < -0.39 is 5.92 Å². The summed E-state index contributed by atoms with van der Waals surface area (Å²) in [5, 5.41) is 9.59. The minimum atomic E-state index is -0.699. The zero-order valence-corrected chi connectivity index (χ0v) is 10.3. The number of benzene rings is 1. The molecule has 0 radical (unpaired) electrons. The first-order valence-corrected chi connectivity index (χ1v) is 5.62. The average molecular weight is 262 g/mol. The van der Waals surface area contributed by atoms with E-state index in [0.29, 0.717) is 21.8 Å². The second-order valence-corrected chi connectivity index (χ2v) is 4.23. The molecule has 0 N–H and O–H groups in total. The van der Waals surface area contributed by atoms with Crippen molar-refractivity contribution in [3.05, 3.63) is 58.4 Å². The molecule has 1 aromatic carbocycles. The number of rotatable bonds is 2. The lowest BCUT2D eigenvalue weighted by atomic mass is 9.96. The van der Waals surface area contributed by atoms with E-state index in [1.807, 2.05) is 0 Å². The van der Waals surface area contributed by atoms with Gasteiger partial charge in [0.15, 0.2) is 0 Å². The average Bonchev–Trinajstić information content (AvgIpc) is 2.38. The molecule has 0 aliphatic carbocycles. The molecule has 1 unspecified atom stereocenters. The second-order valence-electron chi connectivity index (χ2n) is 3.82. The number of aromatic nitrogens is 2. The van der Waals surface area contributed by atoms with Crippen LogP contribution in [0.25, 0.3) is 0 Å². The van der Waals surface area contributed by atoms with Crippen LogP contribution in [-0.2, 0) is 0 Å². The Balaban J connectivity index is 2.53. The summed E-state index contributed by atoms with van der Waals surface area (Å²) in [5.41, 5.74) is 1.36. The third kappa shape index (κ3) is 2.31. The zero-order chi connectivity index (χ0) is 13.1. The molecule has 0 spiro atoms. The van der Waals surface area contributed by atoms with Crippen molar-refractivity contribution < 1.29 is 4.39 Å². The van der Waals surface area contributed by atoms with Crippen LogP contribution in [0.1, 0.15) is 22.7 Å². The Morgan fingerprint density at radius 3 is 2.83 bits per heavy atom. The van der Waals surface area contributed by atoms with Crippen molar-refractivity contribution in [3.63, 3.8) is 0 Å². The summed E-state index contributed by atoms with van der Waals surface area (Å²) in [7, 11) is 0. The third-order valence-electron chi connectivity index (χ3n) is 2.62. The molecule has 3 nitrogen and oxygen atoms in total. The molecule has 0 saturated carbocycles. The fourth-order valence-corrected chi connectivity index (χ4v) is 1.98. The minimum absolute atomic E-state index is 0.360. The van der Waals surface area contributed by atoms with Gasteiger partial charge in [0, 0.05) is 11.2 Å². The summed E-state index contributed by atoms with van der Waals surface area (Å²) in [6.45, 7) is 1.62. The maximum atomic E-state index is 13.6. The lowest BCUT2D eigenvalue weighted by Crippen LogP contribution is -2.03. The molecule has 0 bridgehead atoms. The van der Waals surface area contributed by atoms with Crippen LogP contribution in [0.5, 0.6) is 0 Å². The van der Waals surface area contributed by atoms with E-state index in [0.717, 1.165) is 0 Å². The van der Waals surface area contributed by atoms with Crippen LogP contribution in [0.4, 0.5) is 4.39 Å². The number of hydrogen-bond donors (Lipinski definition) is 0. The molecular weight excluding hydrogens is 253 g/mol. The first-order chi connectivity index (χ1) is 8.63. The number of hydrogen-bond acceptors (Lipinski definition) is 3. The molecule has 1 heterocycles. The van der Waals surface area contributed by atoms with Gasteiger partial charge in [-0.1, -0.05) is 11.6 Å². The summed E-state index contributed by atoms with van der Waals surface area (Å²) in [5.74, 6) is -1.08. The number of nitrogens with zero attached hydrogens (tertiary/aromatic N) is 3. The number of halogens is 2.